The van der Waals surface area contributed by atoms with Gasteiger partial charge in [-0.2, -0.15) is 13.2 Å². The summed E-state index contributed by atoms with van der Waals surface area (Å²) in [5.74, 6) is 0.417. The molecule has 2 rings (SSSR count). The third-order valence-corrected chi connectivity index (χ3v) is 4.17. The monoisotopic (exact) mass is 350 g/mol. The first-order valence-electron chi connectivity index (χ1n) is 5.81. The summed E-state index contributed by atoms with van der Waals surface area (Å²) >= 11 is 8.13. The summed E-state index contributed by atoms with van der Waals surface area (Å²) in [7, 11) is 0. The van der Waals surface area contributed by atoms with E-state index in [-0.39, 0.29) is 10.9 Å². The Hall–Kier alpha value is -1.05. The van der Waals surface area contributed by atoms with Crippen LogP contribution in [0.4, 0.5) is 13.2 Å². The minimum atomic E-state index is -4.50. The van der Waals surface area contributed by atoms with Gasteiger partial charge in [-0.05, 0) is 24.4 Å². The molecule has 0 unspecified atom stereocenters. The number of rotatable bonds is 4. The first kappa shape index (κ1) is 16.3. The molecule has 2 aromatic rings. The second-order valence-electron chi connectivity index (χ2n) is 4.00. The first-order chi connectivity index (χ1) is 9.86. The van der Waals surface area contributed by atoms with Gasteiger partial charge in [0.25, 0.3) is 0 Å². The summed E-state index contributed by atoms with van der Waals surface area (Å²) < 4.78 is 38.7. The Morgan fingerprint density at radius 2 is 2.19 bits per heavy atom. The van der Waals surface area contributed by atoms with Crippen molar-refractivity contribution >= 4 is 34.7 Å². The summed E-state index contributed by atoms with van der Waals surface area (Å²) in [5, 5.41) is 2.45. The van der Waals surface area contributed by atoms with E-state index in [1.54, 1.807) is 30.5 Å². The molecule has 0 amide bonds. The first-order valence-corrected chi connectivity index (χ1v) is 8.06. The van der Waals surface area contributed by atoms with Crippen LogP contribution in [-0.2, 0) is 6.18 Å². The van der Waals surface area contributed by atoms with Crippen molar-refractivity contribution in [1.29, 1.82) is 0 Å². The summed E-state index contributed by atoms with van der Waals surface area (Å²) in [6.07, 6.45) is -2.80. The van der Waals surface area contributed by atoms with Gasteiger partial charge in [0.05, 0.1) is 10.6 Å². The van der Waals surface area contributed by atoms with Crippen LogP contribution in [0, 0.1) is 0 Å². The molecule has 0 radical (unpaired) electrons. The van der Waals surface area contributed by atoms with Gasteiger partial charge in [-0.25, -0.2) is 9.97 Å². The van der Waals surface area contributed by atoms with Gasteiger partial charge in [0.1, 0.15) is 5.69 Å². The van der Waals surface area contributed by atoms with E-state index in [4.69, 9.17) is 11.6 Å². The van der Waals surface area contributed by atoms with Crippen molar-refractivity contribution in [3.8, 4) is 10.6 Å². The Morgan fingerprint density at radius 1 is 1.43 bits per heavy atom. The molecule has 8 heteroatoms. The Balaban J connectivity index is 2.36. The molecule has 0 aromatic carbocycles. The number of alkyl halides is 3. The highest BCUT2D eigenvalue weighted by molar-refractivity contribution is 7.99. The van der Waals surface area contributed by atoms with Crippen molar-refractivity contribution in [2.45, 2.75) is 18.3 Å². The van der Waals surface area contributed by atoms with Crippen LogP contribution in [-0.4, -0.2) is 15.7 Å². The van der Waals surface area contributed by atoms with Crippen LogP contribution in [0.3, 0.4) is 0 Å². The fraction of sp³-hybridized carbons (Fsp3) is 0.231. The SMILES string of the molecule is CC(Cl)=CCSc1nc(-c2cccs2)cc(C(F)(F)F)n1. The maximum atomic E-state index is 12.9. The molecule has 0 aliphatic carbocycles. The lowest BCUT2D eigenvalue weighted by Gasteiger charge is -2.09. The number of hydrogen-bond acceptors (Lipinski definition) is 4. The van der Waals surface area contributed by atoms with Crippen LogP contribution in [0.1, 0.15) is 12.6 Å². The van der Waals surface area contributed by atoms with Crippen LogP contribution in [0.2, 0.25) is 0 Å². The van der Waals surface area contributed by atoms with E-state index in [0.29, 0.717) is 15.7 Å². The van der Waals surface area contributed by atoms with Crippen LogP contribution < -0.4 is 0 Å². The van der Waals surface area contributed by atoms with Crippen molar-refractivity contribution in [2.24, 2.45) is 0 Å². The number of aromatic nitrogens is 2. The third-order valence-electron chi connectivity index (χ3n) is 2.35. The number of thioether (sulfide) groups is 1. The molecule has 0 aliphatic rings. The van der Waals surface area contributed by atoms with Gasteiger partial charge in [-0.3, -0.25) is 0 Å². The number of thiophene rings is 1. The zero-order valence-corrected chi connectivity index (χ0v) is 13.2. The van der Waals surface area contributed by atoms with E-state index in [2.05, 4.69) is 9.97 Å². The minimum absolute atomic E-state index is 0.0855. The molecule has 2 nitrogen and oxygen atoms in total. The van der Waals surface area contributed by atoms with Gasteiger partial charge >= 0.3 is 6.18 Å². The van der Waals surface area contributed by atoms with Gasteiger partial charge in [-0.15, -0.1) is 11.3 Å². The normalized spacial score (nSPS) is 12.7. The Kier molecular flexibility index (Phi) is 5.29. The summed E-state index contributed by atoms with van der Waals surface area (Å²) in [5.41, 5.74) is -0.656. The molecule has 0 atom stereocenters. The standard InChI is InChI=1S/C13H10ClF3N2S2/c1-8(14)4-6-21-12-18-9(10-3-2-5-20-10)7-11(19-12)13(15,16)17/h2-5,7H,6H2,1H3. The van der Waals surface area contributed by atoms with Crippen LogP contribution in [0.15, 0.2) is 39.8 Å². The number of hydrogen-bond donors (Lipinski definition) is 0. The molecule has 0 spiro atoms. The van der Waals surface area contributed by atoms with Crippen LogP contribution in [0.5, 0.6) is 0 Å². The van der Waals surface area contributed by atoms with Crippen molar-refractivity contribution < 1.29 is 13.2 Å². The Labute approximate surface area is 133 Å². The predicted molar refractivity (Wildman–Crippen MR) is 80.7 cm³/mol. The summed E-state index contributed by atoms with van der Waals surface area (Å²) in [6.45, 7) is 1.70. The van der Waals surface area contributed by atoms with E-state index in [1.165, 1.54) is 11.3 Å². The Bertz CT molecular complexity index is 635. The molecule has 0 fully saturated rings. The summed E-state index contributed by atoms with van der Waals surface area (Å²) in [6, 6.07) is 4.46. The number of halogens is 4. The van der Waals surface area contributed by atoms with E-state index in [9.17, 15) is 13.2 Å². The molecule has 112 valence electrons. The second kappa shape index (κ2) is 6.81. The number of nitrogens with zero attached hydrogens (tertiary/aromatic N) is 2. The van der Waals surface area contributed by atoms with Gasteiger partial charge in [0.2, 0.25) is 0 Å². The van der Waals surface area contributed by atoms with Crippen molar-refractivity contribution in [3.05, 3.63) is 40.4 Å². The molecule has 2 aromatic heterocycles. The molecule has 0 bridgehead atoms. The predicted octanol–water partition coefficient (Wildman–Crippen LogP) is 5.46. The second-order valence-corrected chi connectivity index (χ2v) is 6.53. The molecule has 0 saturated heterocycles. The van der Waals surface area contributed by atoms with Crippen molar-refractivity contribution in [3.63, 3.8) is 0 Å². The highest BCUT2D eigenvalue weighted by atomic mass is 35.5. The van der Waals surface area contributed by atoms with Gasteiger partial charge in [0.15, 0.2) is 5.16 Å². The maximum Gasteiger partial charge on any atom is 0.433 e. The average molecular weight is 351 g/mol. The quantitative estimate of drug-likeness (QED) is 0.541. The average Bonchev–Trinajstić information content (AvgIpc) is 2.90. The van der Waals surface area contributed by atoms with E-state index in [1.807, 2.05) is 0 Å². The molecule has 0 aliphatic heterocycles. The van der Waals surface area contributed by atoms with E-state index < -0.39 is 11.9 Å². The highest BCUT2D eigenvalue weighted by Gasteiger charge is 2.33. The topological polar surface area (TPSA) is 25.8 Å². The van der Waals surface area contributed by atoms with Crippen LogP contribution in [0.25, 0.3) is 10.6 Å². The zero-order valence-electron chi connectivity index (χ0n) is 10.8. The smallest absolute Gasteiger partial charge is 0.222 e. The molecular formula is C13H10ClF3N2S2. The lowest BCUT2D eigenvalue weighted by molar-refractivity contribution is -0.141. The molecule has 2 heterocycles. The van der Waals surface area contributed by atoms with Crippen molar-refractivity contribution in [2.75, 3.05) is 5.75 Å². The third kappa shape index (κ3) is 4.72. The minimum Gasteiger partial charge on any atom is -0.222 e. The Morgan fingerprint density at radius 3 is 2.76 bits per heavy atom. The molecule has 0 saturated carbocycles. The zero-order chi connectivity index (χ0) is 15.5. The lowest BCUT2D eigenvalue weighted by atomic mass is 10.3. The maximum absolute atomic E-state index is 12.9. The molecular weight excluding hydrogens is 341 g/mol. The molecule has 21 heavy (non-hydrogen) atoms. The van der Waals surface area contributed by atoms with Gasteiger partial charge in [-0.1, -0.05) is 35.5 Å². The van der Waals surface area contributed by atoms with E-state index in [0.717, 1.165) is 17.8 Å². The highest BCUT2D eigenvalue weighted by Crippen LogP contribution is 2.33. The summed E-state index contributed by atoms with van der Waals surface area (Å²) in [4.78, 5) is 8.42. The van der Waals surface area contributed by atoms with Gasteiger partial charge in [0, 0.05) is 10.8 Å². The fourth-order valence-electron chi connectivity index (χ4n) is 1.42. The van der Waals surface area contributed by atoms with Gasteiger partial charge < -0.3 is 0 Å². The van der Waals surface area contributed by atoms with Crippen LogP contribution >= 0.6 is 34.7 Å². The largest absolute Gasteiger partial charge is 0.433 e. The van der Waals surface area contributed by atoms with Crippen molar-refractivity contribution in [1.82, 2.24) is 9.97 Å². The fourth-order valence-corrected chi connectivity index (χ4v) is 3.08. The number of allylic oxidation sites excluding steroid dienone is 1. The van der Waals surface area contributed by atoms with E-state index >= 15 is 0 Å². The lowest BCUT2D eigenvalue weighted by Crippen LogP contribution is -2.10. The molecule has 0 N–H and O–H groups in total.